The number of aromatic nitrogens is 2. The van der Waals surface area contributed by atoms with E-state index in [1.165, 1.54) is 18.3 Å². The van der Waals surface area contributed by atoms with Crippen molar-refractivity contribution in [3.63, 3.8) is 0 Å². The van der Waals surface area contributed by atoms with Gasteiger partial charge < -0.3 is 15.2 Å². The molecule has 0 aliphatic heterocycles. The number of rotatable bonds is 10. The van der Waals surface area contributed by atoms with Gasteiger partial charge in [0.1, 0.15) is 18.2 Å². The Hall–Kier alpha value is -3.48. The number of hydrogen-bond donors (Lipinski definition) is 2. The van der Waals surface area contributed by atoms with Crippen molar-refractivity contribution in [1.82, 2.24) is 9.97 Å². The molecule has 162 valence electrons. The lowest BCUT2D eigenvalue weighted by Crippen LogP contribution is -2.16. The Morgan fingerprint density at radius 3 is 2.58 bits per heavy atom. The summed E-state index contributed by atoms with van der Waals surface area (Å²) < 4.78 is 19.0. The van der Waals surface area contributed by atoms with E-state index in [9.17, 15) is 14.3 Å². The van der Waals surface area contributed by atoms with E-state index in [0.717, 1.165) is 16.9 Å². The van der Waals surface area contributed by atoms with Crippen molar-refractivity contribution in [3.05, 3.63) is 82.9 Å². The highest BCUT2D eigenvalue weighted by Gasteiger charge is 2.14. The van der Waals surface area contributed by atoms with E-state index in [4.69, 9.17) is 4.74 Å². The Kier molecular flexibility index (Phi) is 7.54. The number of aromatic carboxylic acids is 1. The van der Waals surface area contributed by atoms with Gasteiger partial charge in [0.15, 0.2) is 0 Å². The average molecular weight is 423 g/mol. The van der Waals surface area contributed by atoms with E-state index in [1.807, 2.05) is 18.2 Å². The molecule has 0 unspecified atom stereocenters. The van der Waals surface area contributed by atoms with Crippen LogP contribution in [0.4, 0.5) is 10.3 Å². The SMILES string of the molecule is CC(C)c1ccccc1OCCNc1ncc(C(=O)O)c(CCc2ccc(F)cc2)n1. The quantitative estimate of drug-likeness (QED) is 0.459. The maximum atomic E-state index is 13.1. The van der Waals surface area contributed by atoms with Crippen LogP contribution in [0.15, 0.2) is 54.7 Å². The minimum atomic E-state index is -1.07. The number of para-hydroxylation sites is 1. The smallest absolute Gasteiger partial charge is 0.339 e. The first-order chi connectivity index (χ1) is 14.9. The van der Waals surface area contributed by atoms with Crippen molar-refractivity contribution in [2.75, 3.05) is 18.5 Å². The first-order valence-corrected chi connectivity index (χ1v) is 10.2. The van der Waals surface area contributed by atoms with Gasteiger partial charge in [-0.3, -0.25) is 0 Å². The lowest BCUT2D eigenvalue weighted by molar-refractivity contribution is 0.0694. The van der Waals surface area contributed by atoms with Crippen LogP contribution in [0.5, 0.6) is 5.75 Å². The third-order valence-corrected chi connectivity index (χ3v) is 4.85. The monoisotopic (exact) mass is 423 g/mol. The van der Waals surface area contributed by atoms with E-state index in [-0.39, 0.29) is 11.4 Å². The second-order valence-corrected chi connectivity index (χ2v) is 7.45. The van der Waals surface area contributed by atoms with Crippen LogP contribution in [0.1, 0.15) is 46.9 Å². The van der Waals surface area contributed by atoms with Crippen LogP contribution >= 0.6 is 0 Å². The molecule has 0 aliphatic rings. The number of nitrogens with one attached hydrogen (secondary N) is 1. The molecule has 6 nitrogen and oxygen atoms in total. The fraction of sp³-hybridized carbons (Fsp3) is 0.292. The van der Waals surface area contributed by atoms with Crippen molar-refractivity contribution >= 4 is 11.9 Å². The number of anilines is 1. The van der Waals surface area contributed by atoms with E-state index < -0.39 is 5.97 Å². The Morgan fingerprint density at radius 2 is 1.87 bits per heavy atom. The molecule has 3 aromatic rings. The number of ether oxygens (including phenoxy) is 1. The molecule has 0 radical (unpaired) electrons. The Bertz CT molecular complexity index is 1020. The second-order valence-electron chi connectivity index (χ2n) is 7.45. The van der Waals surface area contributed by atoms with Crippen molar-refractivity contribution in [3.8, 4) is 5.75 Å². The van der Waals surface area contributed by atoms with Gasteiger partial charge in [-0.2, -0.15) is 0 Å². The van der Waals surface area contributed by atoms with Crippen LogP contribution < -0.4 is 10.1 Å². The Balaban J connectivity index is 1.60. The van der Waals surface area contributed by atoms with Gasteiger partial charge in [0.25, 0.3) is 0 Å². The van der Waals surface area contributed by atoms with E-state index in [0.29, 0.717) is 43.6 Å². The second kappa shape index (κ2) is 10.5. The van der Waals surface area contributed by atoms with E-state index in [2.05, 4.69) is 35.2 Å². The Morgan fingerprint density at radius 1 is 1.13 bits per heavy atom. The molecule has 0 spiro atoms. The van der Waals surface area contributed by atoms with Gasteiger partial charge in [0.05, 0.1) is 17.8 Å². The topological polar surface area (TPSA) is 84.3 Å². The molecule has 2 N–H and O–H groups in total. The summed E-state index contributed by atoms with van der Waals surface area (Å²) in [5, 5.41) is 12.5. The lowest BCUT2D eigenvalue weighted by atomic mass is 10.0. The highest BCUT2D eigenvalue weighted by Crippen LogP contribution is 2.25. The van der Waals surface area contributed by atoms with Gasteiger partial charge in [0.2, 0.25) is 5.95 Å². The Labute approximate surface area is 181 Å². The number of benzene rings is 2. The van der Waals surface area contributed by atoms with Crippen LogP contribution in [0, 0.1) is 5.82 Å². The van der Waals surface area contributed by atoms with Gasteiger partial charge in [-0.1, -0.05) is 44.2 Å². The summed E-state index contributed by atoms with van der Waals surface area (Å²) in [5.74, 6) is 0.178. The molecule has 0 atom stereocenters. The molecule has 0 amide bonds. The molecule has 1 heterocycles. The number of nitrogens with zero attached hydrogens (tertiary/aromatic N) is 2. The number of carboxylic acids is 1. The fourth-order valence-corrected chi connectivity index (χ4v) is 3.20. The molecule has 7 heteroatoms. The molecule has 3 rings (SSSR count). The van der Waals surface area contributed by atoms with Crippen LogP contribution in [0.2, 0.25) is 0 Å². The molecule has 0 saturated heterocycles. The van der Waals surface area contributed by atoms with Crippen molar-refractivity contribution in [2.24, 2.45) is 0 Å². The highest BCUT2D eigenvalue weighted by atomic mass is 19.1. The third-order valence-electron chi connectivity index (χ3n) is 4.85. The fourth-order valence-electron chi connectivity index (χ4n) is 3.20. The van der Waals surface area contributed by atoms with Gasteiger partial charge in [-0.25, -0.2) is 19.2 Å². The molecule has 31 heavy (non-hydrogen) atoms. The number of carboxylic acid groups (broad SMARTS) is 1. The van der Waals surface area contributed by atoms with Crippen molar-refractivity contribution in [2.45, 2.75) is 32.6 Å². The molecule has 0 fully saturated rings. The summed E-state index contributed by atoms with van der Waals surface area (Å²) in [6, 6.07) is 14.1. The minimum Gasteiger partial charge on any atom is -0.491 e. The zero-order chi connectivity index (χ0) is 22.2. The molecule has 0 aliphatic carbocycles. The molecular weight excluding hydrogens is 397 g/mol. The molecular formula is C24H26FN3O3. The normalized spacial score (nSPS) is 10.8. The van der Waals surface area contributed by atoms with Crippen LogP contribution in [0.3, 0.4) is 0 Å². The summed E-state index contributed by atoms with van der Waals surface area (Å²) in [7, 11) is 0. The first-order valence-electron chi connectivity index (χ1n) is 10.2. The molecule has 0 saturated carbocycles. The first kappa shape index (κ1) is 22.2. The minimum absolute atomic E-state index is 0.0646. The summed E-state index contributed by atoms with van der Waals surface area (Å²) in [4.78, 5) is 20.0. The van der Waals surface area contributed by atoms with Crippen molar-refractivity contribution in [1.29, 1.82) is 0 Å². The predicted molar refractivity (Wildman–Crippen MR) is 117 cm³/mol. The predicted octanol–water partition coefficient (Wildman–Crippen LogP) is 4.71. The molecule has 2 aromatic carbocycles. The van der Waals surface area contributed by atoms with Crippen LogP contribution in [-0.2, 0) is 12.8 Å². The zero-order valence-corrected chi connectivity index (χ0v) is 17.6. The summed E-state index contributed by atoms with van der Waals surface area (Å²) >= 11 is 0. The van der Waals surface area contributed by atoms with Crippen molar-refractivity contribution < 1.29 is 19.0 Å². The standard InChI is InChI=1S/C24H26FN3O3/c1-16(2)19-5-3-4-6-22(19)31-14-13-26-24-27-15-20(23(29)30)21(28-24)12-9-17-7-10-18(25)11-8-17/h3-8,10-11,15-16H,9,12-14H2,1-2H3,(H,29,30)(H,26,27,28). The molecule has 0 bridgehead atoms. The largest absolute Gasteiger partial charge is 0.491 e. The summed E-state index contributed by atoms with van der Waals surface area (Å²) in [6.07, 6.45) is 2.27. The third kappa shape index (κ3) is 6.25. The lowest BCUT2D eigenvalue weighted by Gasteiger charge is -2.14. The maximum Gasteiger partial charge on any atom is 0.339 e. The number of halogens is 1. The zero-order valence-electron chi connectivity index (χ0n) is 17.6. The van der Waals surface area contributed by atoms with Crippen LogP contribution in [-0.4, -0.2) is 34.2 Å². The molecule has 1 aromatic heterocycles. The van der Waals surface area contributed by atoms with E-state index >= 15 is 0 Å². The van der Waals surface area contributed by atoms with Gasteiger partial charge >= 0.3 is 5.97 Å². The maximum absolute atomic E-state index is 13.1. The average Bonchev–Trinajstić information content (AvgIpc) is 2.76. The highest BCUT2D eigenvalue weighted by molar-refractivity contribution is 5.88. The van der Waals surface area contributed by atoms with Gasteiger partial charge in [-0.05, 0) is 48.1 Å². The van der Waals surface area contributed by atoms with Crippen LogP contribution in [0.25, 0.3) is 0 Å². The van der Waals surface area contributed by atoms with E-state index in [1.54, 1.807) is 12.1 Å². The van der Waals surface area contributed by atoms with Gasteiger partial charge in [0, 0.05) is 6.20 Å². The number of aryl methyl sites for hydroxylation is 2. The van der Waals surface area contributed by atoms with Gasteiger partial charge in [-0.15, -0.1) is 0 Å². The number of carbonyl (C=O) groups is 1. The number of hydrogen-bond acceptors (Lipinski definition) is 5. The summed E-state index contributed by atoms with van der Waals surface area (Å²) in [6.45, 7) is 5.12. The summed E-state index contributed by atoms with van der Waals surface area (Å²) in [5.41, 5.74) is 2.55.